The summed E-state index contributed by atoms with van der Waals surface area (Å²) in [4.78, 5) is 24.9. The van der Waals surface area contributed by atoms with Gasteiger partial charge >= 0.3 is 18.2 Å². The van der Waals surface area contributed by atoms with Gasteiger partial charge in [0.25, 0.3) is 5.72 Å². The lowest BCUT2D eigenvalue weighted by Gasteiger charge is -2.49. The van der Waals surface area contributed by atoms with E-state index < -0.39 is 35.9 Å². The molecule has 0 aromatic heterocycles. The third-order valence-electron chi connectivity index (χ3n) is 4.87. The molecule has 0 bridgehead atoms. The maximum absolute atomic E-state index is 13.9. The van der Waals surface area contributed by atoms with Gasteiger partial charge < -0.3 is 29.4 Å². The van der Waals surface area contributed by atoms with E-state index in [1.54, 1.807) is 0 Å². The van der Waals surface area contributed by atoms with Crippen LogP contribution in [0.15, 0.2) is 12.1 Å². The van der Waals surface area contributed by atoms with E-state index in [4.69, 9.17) is 18.9 Å². The highest BCUT2D eigenvalue weighted by Gasteiger charge is 2.69. The van der Waals surface area contributed by atoms with Crippen molar-refractivity contribution in [3.63, 3.8) is 0 Å². The molecule has 30 heavy (non-hydrogen) atoms. The molecule has 2 amide bonds. The predicted molar refractivity (Wildman–Crippen MR) is 96.3 cm³/mol. The van der Waals surface area contributed by atoms with Crippen LogP contribution < -0.4 is 19.5 Å². The van der Waals surface area contributed by atoms with Gasteiger partial charge in [0.2, 0.25) is 5.75 Å². The quantitative estimate of drug-likeness (QED) is 0.656. The van der Waals surface area contributed by atoms with Crippen molar-refractivity contribution in [2.75, 3.05) is 35.0 Å². The molecule has 0 saturated carbocycles. The smallest absolute Gasteiger partial charge is 0.437 e. The first-order chi connectivity index (χ1) is 14.0. The lowest BCUT2D eigenvalue weighted by Crippen LogP contribution is -2.73. The van der Waals surface area contributed by atoms with Crippen molar-refractivity contribution in [1.82, 2.24) is 10.2 Å². The first-order valence-electron chi connectivity index (χ1n) is 8.77. The number of esters is 1. The monoisotopic (exact) mass is 436 g/mol. The number of urea groups is 1. The number of benzene rings is 1. The Morgan fingerprint density at radius 3 is 2.13 bits per heavy atom. The standard InChI is InChI=1S/C18H23F3N2O7/c1-6-30-15(24)12-13(22-16(25)23(2)17(12,26)18(19,20)21)9-7-10(27-3)14(29-5)11(8-9)28-4/h7-8,12-13,26H,6H2,1-5H3,(H,22,25)/t12-,13+,17-/m1/s1. The van der Waals surface area contributed by atoms with E-state index in [9.17, 15) is 27.9 Å². The fraction of sp³-hybridized carbons (Fsp3) is 0.556. The summed E-state index contributed by atoms with van der Waals surface area (Å²) in [5.74, 6) is -3.27. The zero-order valence-electron chi connectivity index (χ0n) is 17.0. The van der Waals surface area contributed by atoms with Crippen molar-refractivity contribution >= 4 is 12.0 Å². The Balaban J connectivity index is 2.75. The molecule has 3 atom stereocenters. The third-order valence-corrected chi connectivity index (χ3v) is 4.87. The molecule has 1 aliphatic heterocycles. The molecular weight excluding hydrogens is 413 g/mol. The highest BCUT2D eigenvalue weighted by Crippen LogP contribution is 2.49. The number of hydrogen-bond acceptors (Lipinski definition) is 7. The Morgan fingerprint density at radius 1 is 1.20 bits per heavy atom. The maximum Gasteiger partial charge on any atom is 0.437 e. The normalized spacial score (nSPS) is 24.2. The van der Waals surface area contributed by atoms with E-state index in [1.807, 2.05) is 0 Å². The van der Waals surface area contributed by atoms with Crippen LogP contribution >= 0.6 is 0 Å². The topological polar surface area (TPSA) is 107 Å². The minimum Gasteiger partial charge on any atom is -0.493 e. The van der Waals surface area contributed by atoms with Crippen LogP contribution in [0, 0.1) is 5.92 Å². The molecule has 2 rings (SSSR count). The molecule has 0 aliphatic carbocycles. The largest absolute Gasteiger partial charge is 0.493 e. The van der Waals surface area contributed by atoms with Crippen LogP contribution in [0.3, 0.4) is 0 Å². The summed E-state index contributed by atoms with van der Waals surface area (Å²) < 4.78 is 62.2. The number of ether oxygens (including phenoxy) is 4. The summed E-state index contributed by atoms with van der Waals surface area (Å²) in [7, 11) is 4.66. The van der Waals surface area contributed by atoms with Crippen molar-refractivity contribution < 1.29 is 46.8 Å². The second-order valence-electron chi connectivity index (χ2n) is 6.40. The Bertz CT molecular complexity index is 792. The van der Waals surface area contributed by atoms with Crippen LogP contribution in [0.4, 0.5) is 18.0 Å². The molecule has 1 aliphatic rings. The van der Waals surface area contributed by atoms with E-state index in [2.05, 4.69) is 5.32 Å². The molecule has 2 N–H and O–H groups in total. The average molecular weight is 436 g/mol. The van der Waals surface area contributed by atoms with Crippen LogP contribution in [0.1, 0.15) is 18.5 Å². The SMILES string of the molecule is CCOC(=O)[C@H]1[C@H](c2cc(OC)c(OC)c(OC)c2)NC(=O)N(C)[C@]1(O)C(F)(F)F. The molecule has 1 aromatic carbocycles. The number of amides is 2. The zero-order chi connectivity index (χ0) is 22.9. The third kappa shape index (κ3) is 3.66. The van der Waals surface area contributed by atoms with Crippen LogP contribution in [0.5, 0.6) is 17.2 Å². The molecule has 9 nitrogen and oxygen atoms in total. The van der Waals surface area contributed by atoms with Gasteiger partial charge in [-0.2, -0.15) is 13.2 Å². The summed E-state index contributed by atoms with van der Waals surface area (Å²) in [6, 6.07) is -0.302. The minimum atomic E-state index is -5.37. The molecule has 0 unspecified atom stereocenters. The van der Waals surface area contributed by atoms with Crippen molar-refractivity contribution in [2.24, 2.45) is 5.92 Å². The summed E-state index contributed by atoms with van der Waals surface area (Å²) in [5, 5.41) is 13.0. The molecule has 0 radical (unpaired) electrons. The Hall–Kier alpha value is -2.89. The van der Waals surface area contributed by atoms with Gasteiger partial charge in [0.15, 0.2) is 11.5 Å². The second-order valence-corrected chi connectivity index (χ2v) is 6.40. The lowest BCUT2D eigenvalue weighted by atomic mass is 9.81. The molecule has 1 saturated heterocycles. The Kier molecular flexibility index (Phi) is 6.60. The minimum absolute atomic E-state index is 0.00618. The summed E-state index contributed by atoms with van der Waals surface area (Å²) in [6.07, 6.45) is -5.37. The summed E-state index contributed by atoms with van der Waals surface area (Å²) in [6.45, 7) is 1.17. The first kappa shape index (κ1) is 23.4. The van der Waals surface area contributed by atoms with E-state index in [0.29, 0.717) is 0 Å². The van der Waals surface area contributed by atoms with E-state index in [-0.39, 0.29) is 34.3 Å². The summed E-state index contributed by atoms with van der Waals surface area (Å²) in [5.41, 5.74) is -3.82. The van der Waals surface area contributed by atoms with Gasteiger partial charge in [0.05, 0.1) is 34.0 Å². The first-order valence-corrected chi connectivity index (χ1v) is 8.77. The van der Waals surface area contributed by atoms with Crippen molar-refractivity contribution in [3.05, 3.63) is 17.7 Å². The molecule has 12 heteroatoms. The number of hydrogen-bond donors (Lipinski definition) is 2. The number of methoxy groups -OCH3 is 3. The van der Waals surface area contributed by atoms with Gasteiger partial charge in [-0.3, -0.25) is 9.69 Å². The molecule has 1 aromatic rings. The van der Waals surface area contributed by atoms with E-state index in [0.717, 1.165) is 7.05 Å². The van der Waals surface area contributed by atoms with Gasteiger partial charge in [-0.15, -0.1) is 0 Å². The fourth-order valence-corrected chi connectivity index (χ4v) is 3.36. The van der Waals surface area contributed by atoms with E-state index >= 15 is 0 Å². The Labute approximate surface area is 170 Å². The van der Waals surface area contributed by atoms with Crippen LogP contribution in [-0.4, -0.2) is 68.9 Å². The number of aliphatic hydroxyl groups is 1. The highest BCUT2D eigenvalue weighted by molar-refractivity contribution is 5.83. The van der Waals surface area contributed by atoms with Gasteiger partial charge in [-0.1, -0.05) is 0 Å². The number of halogens is 3. The van der Waals surface area contributed by atoms with Crippen LogP contribution in [-0.2, 0) is 9.53 Å². The average Bonchev–Trinajstić information content (AvgIpc) is 2.69. The summed E-state index contributed by atoms with van der Waals surface area (Å²) >= 11 is 0. The van der Waals surface area contributed by atoms with Gasteiger partial charge in [-0.05, 0) is 24.6 Å². The van der Waals surface area contributed by atoms with Crippen LogP contribution in [0.2, 0.25) is 0 Å². The second kappa shape index (κ2) is 8.46. The Morgan fingerprint density at radius 2 is 1.73 bits per heavy atom. The molecular formula is C18H23F3N2O7. The number of carbonyl (C=O) groups is 2. The number of rotatable bonds is 6. The number of carbonyl (C=O) groups excluding carboxylic acids is 2. The predicted octanol–water partition coefficient (Wildman–Crippen LogP) is 1.84. The van der Waals surface area contributed by atoms with Gasteiger partial charge in [0.1, 0.15) is 5.92 Å². The number of alkyl halides is 3. The number of nitrogens with one attached hydrogen (secondary N) is 1. The van der Waals surface area contributed by atoms with Crippen molar-refractivity contribution in [2.45, 2.75) is 24.9 Å². The molecule has 0 spiro atoms. The molecule has 1 heterocycles. The van der Waals surface area contributed by atoms with Gasteiger partial charge in [0, 0.05) is 7.05 Å². The molecule has 1 fully saturated rings. The highest BCUT2D eigenvalue weighted by atomic mass is 19.4. The van der Waals surface area contributed by atoms with Crippen molar-refractivity contribution in [1.29, 1.82) is 0 Å². The van der Waals surface area contributed by atoms with Gasteiger partial charge in [-0.25, -0.2) is 4.79 Å². The maximum atomic E-state index is 13.9. The van der Waals surface area contributed by atoms with Crippen molar-refractivity contribution in [3.8, 4) is 17.2 Å². The number of nitrogens with zero attached hydrogens (tertiary/aromatic N) is 1. The van der Waals surface area contributed by atoms with Crippen LogP contribution in [0.25, 0.3) is 0 Å². The fourth-order valence-electron chi connectivity index (χ4n) is 3.36. The molecule has 168 valence electrons. The lowest BCUT2D eigenvalue weighted by molar-refractivity contribution is -0.328. The van der Waals surface area contributed by atoms with E-state index in [1.165, 1.54) is 40.4 Å². The zero-order valence-corrected chi connectivity index (χ0v) is 17.0.